The predicted octanol–water partition coefficient (Wildman–Crippen LogP) is 5.64. The average molecular weight is 364 g/mol. The topological polar surface area (TPSA) is 17.1 Å². The maximum atomic E-state index is 12.3. The monoisotopic (exact) mass is 362 g/mol. The summed E-state index contributed by atoms with van der Waals surface area (Å²) in [6.45, 7) is 0. The minimum absolute atomic E-state index is 0.256. The second-order valence-corrected chi connectivity index (χ2v) is 5.74. The van der Waals surface area contributed by atoms with E-state index in [1.807, 2.05) is 0 Å². The van der Waals surface area contributed by atoms with E-state index in [9.17, 15) is 4.79 Å². The van der Waals surface area contributed by atoms with Crippen LogP contribution in [0, 0.1) is 0 Å². The Morgan fingerprint density at radius 1 is 0.889 bits per heavy atom. The lowest BCUT2D eigenvalue weighted by atomic mass is 10.0. The number of carbonyl (C=O) groups excluding carboxylic acids is 1. The Morgan fingerprint density at radius 2 is 1.44 bits per heavy atom. The molecule has 5 heteroatoms. The molecule has 0 aliphatic heterocycles. The van der Waals surface area contributed by atoms with Crippen LogP contribution < -0.4 is 0 Å². The molecule has 1 nitrogen and oxygen atoms in total. The van der Waals surface area contributed by atoms with Crippen LogP contribution >= 0.6 is 50.7 Å². The molecule has 18 heavy (non-hydrogen) atoms. The summed E-state index contributed by atoms with van der Waals surface area (Å²) in [6, 6.07) is 9.81. The SMILES string of the molecule is O=C(c1cc(Cl)ccc1Cl)c1cc(Br)ccc1Cl. The fourth-order valence-corrected chi connectivity index (χ4v) is 2.43. The Kier molecular flexibility index (Phi) is 4.33. The van der Waals surface area contributed by atoms with Crippen molar-refractivity contribution in [3.05, 3.63) is 67.1 Å². The summed E-state index contributed by atoms with van der Waals surface area (Å²) in [5, 5.41) is 1.17. The molecule has 2 aromatic rings. The highest BCUT2D eigenvalue weighted by Gasteiger charge is 2.16. The van der Waals surface area contributed by atoms with Gasteiger partial charge in [0.05, 0.1) is 10.0 Å². The molecule has 0 aliphatic rings. The number of benzene rings is 2. The highest BCUT2D eigenvalue weighted by Crippen LogP contribution is 2.28. The van der Waals surface area contributed by atoms with Crippen molar-refractivity contribution in [1.29, 1.82) is 0 Å². The Bertz CT molecular complexity index is 572. The van der Waals surface area contributed by atoms with E-state index in [4.69, 9.17) is 34.8 Å². The lowest BCUT2D eigenvalue weighted by molar-refractivity contribution is 0.103. The minimum Gasteiger partial charge on any atom is -0.288 e. The lowest BCUT2D eigenvalue weighted by Gasteiger charge is -2.06. The molecule has 0 saturated heterocycles. The van der Waals surface area contributed by atoms with Crippen LogP contribution in [0.2, 0.25) is 15.1 Å². The van der Waals surface area contributed by atoms with E-state index in [1.54, 1.807) is 30.3 Å². The van der Waals surface area contributed by atoms with Crippen molar-refractivity contribution in [2.75, 3.05) is 0 Å². The average Bonchev–Trinajstić information content (AvgIpc) is 2.34. The van der Waals surface area contributed by atoms with Gasteiger partial charge in [0.2, 0.25) is 0 Å². The van der Waals surface area contributed by atoms with Crippen molar-refractivity contribution >= 4 is 56.5 Å². The summed E-state index contributed by atoms with van der Waals surface area (Å²) in [4.78, 5) is 12.3. The number of hydrogen-bond acceptors (Lipinski definition) is 1. The van der Waals surface area contributed by atoms with Crippen LogP contribution in [0.4, 0.5) is 0 Å². The summed E-state index contributed by atoms with van der Waals surface area (Å²) < 4.78 is 0.772. The Hall–Kier alpha value is -0.540. The molecule has 0 unspecified atom stereocenters. The summed E-state index contributed by atoms with van der Waals surface area (Å²) >= 11 is 21.2. The second kappa shape index (κ2) is 5.62. The Balaban J connectivity index is 2.54. The van der Waals surface area contributed by atoms with Gasteiger partial charge in [-0.25, -0.2) is 0 Å². The van der Waals surface area contributed by atoms with Crippen molar-refractivity contribution in [2.24, 2.45) is 0 Å². The molecule has 0 aliphatic carbocycles. The van der Waals surface area contributed by atoms with E-state index < -0.39 is 0 Å². The molecule has 0 atom stereocenters. The van der Waals surface area contributed by atoms with Gasteiger partial charge in [-0.2, -0.15) is 0 Å². The number of hydrogen-bond donors (Lipinski definition) is 0. The maximum absolute atomic E-state index is 12.3. The van der Waals surface area contributed by atoms with E-state index in [0.717, 1.165) is 4.47 Å². The van der Waals surface area contributed by atoms with E-state index in [1.165, 1.54) is 6.07 Å². The first kappa shape index (κ1) is 13.9. The summed E-state index contributed by atoms with van der Waals surface area (Å²) in [7, 11) is 0. The summed E-state index contributed by atoms with van der Waals surface area (Å²) in [6.07, 6.45) is 0. The van der Waals surface area contributed by atoms with Gasteiger partial charge in [0, 0.05) is 20.6 Å². The fourth-order valence-electron chi connectivity index (χ4n) is 1.49. The van der Waals surface area contributed by atoms with E-state index in [-0.39, 0.29) is 5.78 Å². The molecule has 0 aromatic heterocycles. The molecule has 0 heterocycles. The maximum Gasteiger partial charge on any atom is 0.196 e. The van der Waals surface area contributed by atoms with Crippen LogP contribution in [-0.4, -0.2) is 5.78 Å². The molecule has 0 N–H and O–H groups in total. The summed E-state index contributed by atoms with van der Waals surface area (Å²) in [5.74, 6) is -0.256. The van der Waals surface area contributed by atoms with Gasteiger partial charge in [-0.15, -0.1) is 0 Å². The largest absolute Gasteiger partial charge is 0.288 e. The van der Waals surface area contributed by atoms with Crippen LogP contribution in [-0.2, 0) is 0 Å². The first-order valence-electron chi connectivity index (χ1n) is 4.94. The molecule has 92 valence electrons. The molecule has 0 amide bonds. The first-order valence-corrected chi connectivity index (χ1v) is 6.86. The number of rotatable bonds is 2. The minimum atomic E-state index is -0.256. The van der Waals surface area contributed by atoms with E-state index >= 15 is 0 Å². The standard InChI is InChI=1S/C13H6BrCl3O/c14-7-1-3-11(16)9(5-7)13(18)10-6-8(15)2-4-12(10)17/h1-6H. The van der Waals surface area contributed by atoms with Gasteiger partial charge in [-0.3, -0.25) is 4.79 Å². The zero-order chi connectivity index (χ0) is 13.3. The van der Waals surface area contributed by atoms with Crippen molar-refractivity contribution in [3.63, 3.8) is 0 Å². The Labute approximate surface area is 128 Å². The molecule has 0 bridgehead atoms. The fraction of sp³-hybridized carbons (Fsp3) is 0. The van der Waals surface area contributed by atoms with Crippen LogP contribution in [0.15, 0.2) is 40.9 Å². The number of halogens is 4. The van der Waals surface area contributed by atoms with Gasteiger partial charge < -0.3 is 0 Å². The van der Waals surface area contributed by atoms with Crippen LogP contribution in [0.3, 0.4) is 0 Å². The van der Waals surface area contributed by atoms with Gasteiger partial charge >= 0.3 is 0 Å². The van der Waals surface area contributed by atoms with Gasteiger partial charge in [0.15, 0.2) is 5.78 Å². The van der Waals surface area contributed by atoms with Crippen molar-refractivity contribution < 1.29 is 4.79 Å². The molecule has 0 radical (unpaired) electrons. The van der Waals surface area contributed by atoms with Gasteiger partial charge in [-0.05, 0) is 36.4 Å². The van der Waals surface area contributed by atoms with Gasteiger partial charge in [0.1, 0.15) is 0 Å². The molecule has 2 rings (SSSR count). The first-order chi connectivity index (χ1) is 8.49. The molecule has 0 saturated carbocycles. The third-order valence-corrected chi connectivity index (χ3v) is 3.73. The van der Waals surface area contributed by atoms with Crippen LogP contribution in [0.1, 0.15) is 15.9 Å². The molecular formula is C13H6BrCl3O. The molecule has 2 aromatic carbocycles. The normalized spacial score (nSPS) is 10.4. The number of ketones is 1. The highest BCUT2D eigenvalue weighted by molar-refractivity contribution is 9.10. The molecular weight excluding hydrogens is 358 g/mol. The van der Waals surface area contributed by atoms with Crippen LogP contribution in [0.5, 0.6) is 0 Å². The van der Waals surface area contributed by atoms with Crippen molar-refractivity contribution in [3.8, 4) is 0 Å². The zero-order valence-corrected chi connectivity index (χ0v) is 12.7. The second-order valence-electron chi connectivity index (χ2n) is 3.58. The lowest BCUT2D eigenvalue weighted by Crippen LogP contribution is -2.03. The zero-order valence-electron chi connectivity index (χ0n) is 8.88. The highest BCUT2D eigenvalue weighted by atomic mass is 79.9. The van der Waals surface area contributed by atoms with Crippen molar-refractivity contribution in [2.45, 2.75) is 0 Å². The third kappa shape index (κ3) is 2.89. The predicted molar refractivity (Wildman–Crippen MR) is 79.0 cm³/mol. The molecule has 0 fully saturated rings. The van der Waals surface area contributed by atoms with Gasteiger partial charge in [-0.1, -0.05) is 50.7 Å². The quantitative estimate of drug-likeness (QED) is 0.630. The Morgan fingerprint density at radius 3 is 2.11 bits per heavy atom. The number of carbonyl (C=O) groups is 1. The van der Waals surface area contributed by atoms with Gasteiger partial charge in [0.25, 0.3) is 0 Å². The van der Waals surface area contributed by atoms with E-state index in [2.05, 4.69) is 15.9 Å². The summed E-state index contributed by atoms with van der Waals surface area (Å²) in [5.41, 5.74) is 0.722. The third-order valence-electron chi connectivity index (χ3n) is 2.35. The van der Waals surface area contributed by atoms with Crippen LogP contribution in [0.25, 0.3) is 0 Å². The van der Waals surface area contributed by atoms with E-state index in [0.29, 0.717) is 26.2 Å². The van der Waals surface area contributed by atoms with Crippen molar-refractivity contribution in [1.82, 2.24) is 0 Å². The smallest absolute Gasteiger partial charge is 0.196 e. The molecule has 0 spiro atoms.